The minimum atomic E-state index is 0.612. The first-order valence-corrected chi connectivity index (χ1v) is 8.02. The van der Waals surface area contributed by atoms with Gasteiger partial charge in [-0.05, 0) is 56.3 Å². The summed E-state index contributed by atoms with van der Waals surface area (Å²) in [5.74, 6) is 0.910. The molecule has 3 rings (SSSR count). The molecule has 1 fully saturated rings. The molecular weight excluding hydrogens is 272 g/mol. The summed E-state index contributed by atoms with van der Waals surface area (Å²) < 4.78 is 5.81. The van der Waals surface area contributed by atoms with Crippen molar-refractivity contribution in [1.29, 1.82) is 0 Å². The monoisotopic (exact) mass is 296 g/mol. The van der Waals surface area contributed by atoms with Gasteiger partial charge in [0.2, 0.25) is 0 Å². The van der Waals surface area contributed by atoms with E-state index >= 15 is 0 Å². The Morgan fingerprint density at radius 2 is 1.86 bits per heavy atom. The van der Waals surface area contributed by atoms with Crippen LogP contribution in [-0.2, 0) is 6.61 Å². The van der Waals surface area contributed by atoms with E-state index in [9.17, 15) is 0 Å². The summed E-state index contributed by atoms with van der Waals surface area (Å²) in [6.07, 6.45) is 2.61. The molecule has 1 unspecified atom stereocenters. The predicted molar refractivity (Wildman–Crippen MR) is 91.4 cm³/mol. The number of hydrogen-bond donors (Lipinski definition) is 1. The minimum absolute atomic E-state index is 0.612. The molecule has 116 valence electrons. The number of ether oxygens (including phenoxy) is 1. The second-order valence-electron chi connectivity index (χ2n) is 5.96. The molecule has 1 atom stereocenters. The van der Waals surface area contributed by atoms with Gasteiger partial charge in [-0.15, -0.1) is 0 Å². The standard InChI is InChI=1S/C19H24N2O/c1-21-13-5-8-18(21)14-20-17-9-11-19(12-10-17)22-15-16-6-3-2-4-7-16/h2-4,6-7,9-12,18,20H,5,8,13-15H2,1H3. The van der Waals surface area contributed by atoms with Crippen LogP contribution in [0.3, 0.4) is 0 Å². The van der Waals surface area contributed by atoms with E-state index in [0.29, 0.717) is 12.6 Å². The molecule has 1 N–H and O–H groups in total. The second kappa shape index (κ2) is 7.32. The van der Waals surface area contributed by atoms with Crippen LogP contribution in [0.5, 0.6) is 5.75 Å². The van der Waals surface area contributed by atoms with Crippen LogP contribution in [0.4, 0.5) is 5.69 Å². The van der Waals surface area contributed by atoms with Gasteiger partial charge in [0.25, 0.3) is 0 Å². The Balaban J connectivity index is 1.47. The third-order valence-corrected chi connectivity index (χ3v) is 4.32. The number of hydrogen-bond acceptors (Lipinski definition) is 3. The van der Waals surface area contributed by atoms with Crippen molar-refractivity contribution in [2.45, 2.75) is 25.5 Å². The smallest absolute Gasteiger partial charge is 0.119 e. The van der Waals surface area contributed by atoms with Crippen molar-refractivity contribution >= 4 is 5.69 Å². The molecule has 3 heteroatoms. The average molecular weight is 296 g/mol. The van der Waals surface area contributed by atoms with Gasteiger partial charge in [0.15, 0.2) is 0 Å². The van der Waals surface area contributed by atoms with Gasteiger partial charge in [-0.2, -0.15) is 0 Å². The summed E-state index contributed by atoms with van der Waals surface area (Å²) in [5.41, 5.74) is 2.35. The van der Waals surface area contributed by atoms with Gasteiger partial charge in [-0.1, -0.05) is 30.3 Å². The first-order chi connectivity index (χ1) is 10.8. The molecule has 3 nitrogen and oxygen atoms in total. The number of nitrogens with one attached hydrogen (secondary N) is 1. The van der Waals surface area contributed by atoms with E-state index in [2.05, 4.69) is 41.5 Å². The summed E-state index contributed by atoms with van der Waals surface area (Å²) in [7, 11) is 2.21. The van der Waals surface area contributed by atoms with Gasteiger partial charge in [-0.25, -0.2) is 0 Å². The lowest BCUT2D eigenvalue weighted by Gasteiger charge is -2.20. The fourth-order valence-electron chi connectivity index (χ4n) is 2.88. The highest BCUT2D eigenvalue weighted by Crippen LogP contribution is 2.19. The lowest BCUT2D eigenvalue weighted by molar-refractivity contribution is 0.306. The zero-order chi connectivity index (χ0) is 15.2. The Bertz CT molecular complexity index is 568. The molecule has 0 aromatic heterocycles. The summed E-state index contributed by atoms with van der Waals surface area (Å²) in [6.45, 7) is 2.85. The Labute approximate surface area is 132 Å². The van der Waals surface area contributed by atoms with E-state index in [0.717, 1.165) is 18.0 Å². The SMILES string of the molecule is CN1CCCC1CNc1ccc(OCc2ccccc2)cc1. The highest BCUT2D eigenvalue weighted by molar-refractivity contribution is 5.46. The van der Waals surface area contributed by atoms with Gasteiger partial charge < -0.3 is 15.0 Å². The number of likely N-dealkylation sites (tertiary alicyclic amines) is 1. The van der Waals surface area contributed by atoms with E-state index < -0.39 is 0 Å². The number of likely N-dealkylation sites (N-methyl/N-ethyl adjacent to an activating group) is 1. The third kappa shape index (κ3) is 4.01. The Kier molecular flexibility index (Phi) is 4.96. The molecule has 1 heterocycles. The molecular formula is C19H24N2O. The summed E-state index contributed by atoms with van der Waals surface area (Å²) in [6, 6.07) is 19.2. The second-order valence-corrected chi connectivity index (χ2v) is 5.96. The van der Waals surface area contributed by atoms with Crippen molar-refractivity contribution in [2.75, 3.05) is 25.5 Å². The van der Waals surface area contributed by atoms with Crippen LogP contribution in [0, 0.1) is 0 Å². The third-order valence-electron chi connectivity index (χ3n) is 4.32. The van der Waals surface area contributed by atoms with E-state index in [1.807, 2.05) is 30.3 Å². The van der Waals surface area contributed by atoms with E-state index in [1.165, 1.54) is 24.9 Å². The Hall–Kier alpha value is -2.00. The lowest BCUT2D eigenvalue weighted by atomic mass is 10.2. The zero-order valence-electron chi connectivity index (χ0n) is 13.2. The highest BCUT2D eigenvalue weighted by atomic mass is 16.5. The van der Waals surface area contributed by atoms with Crippen LogP contribution in [0.15, 0.2) is 54.6 Å². The largest absolute Gasteiger partial charge is 0.489 e. The molecule has 1 aliphatic rings. The van der Waals surface area contributed by atoms with Crippen molar-refractivity contribution in [3.05, 3.63) is 60.2 Å². The molecule has 0 spiro atoms. The van der Waals surface area contributed by atoms with Gasteiger partial charge >= 0.3 is 0 Å². The van der Waals surface area contributed by atoms with Crippen molar-refractivity contribution in [3.63, 3.8) is 0 Å². The van der Waals surface area contributed by atoms with E-state index in [4.69, 9.17) is 4.74 Å². The van der Waals surface area contributed by atoms with Crippen molar-refractivity contribution in [3.8, 4) is 5.75 Å². The Morgan fingerprint density at radius 3 is 2.55 bits per heavy atom. The number of anilines is 1. The molecule has 1 aliphatic heterocycles. The normalized spacial score (nSPS) is 18.3. The van der Waals surface area contributed by atoms with Crippen LogP contribution in [0.1, 0.15) is 18.4 Å². The molecule has 1 saturated heterocycles. The van der Waals surface area contributed by atoms with Crippen molar-refractivity contribution in [1.82, 2.24) is 4.90 Å². The Morgan fingerprint density at radius 1 is 1.09 bits per heavy atom. The van der Waals surface area contributed by atoms with Crippen molar-refractivity contribution in [2.24, 2.45) is 0 Å². The average Bonchev–Trinajstić information content (AvgIpc) is 2.98. The highest BCUT2D eigenvalue weighted by Gasteiger charge is 2.19. The molecule has 2 aromatic carbocycles. The summed E-state index contributed by atoms with van der Waals surface area (Å²) in [5, 5.41) is 3.52. The maximum atomic E-state index is 5.81. The minimum Gasteiger partial charge on any atom is -0.489 e. The van der Waals surface area contributed by atoms with Crippen LogP contribution in [0.25, 0.3) is 0 Å². The number of benzene rings is 2. The molecule has 0 radical (unpaired) electrons. The van der Waals surface area contributed by atoms with Gasteiger partial charge in [0.05, 0.1) is 0 Å². The molecule has 0 saturated carbocycles. The predicted octanol–water partition coefficient (Wildman–Crippen LogP) is 3.77. The topological polar surface area (TPSA) is 24.5 Å². The number of nitrogens with zero attached hydrogens (tertiary/aromatic N) is 1. The fourth-order valence-corrected chi connectivity index (χ4v) is 2.88. The van der Waals surface area contributed by atoms with Gasteiger partial charge in [0.1, 0.15) is 12.4 Å². The molecule has 0 bridgehead atoms. The quantitative estimate of drug-likeness (QED) is 0.878. The lowest BCUT2D eigenvalue weighted by Crippen LogP contribution is -2.31. The van der Waals surface area contributed by atoms with Crippen molar-refractivity contribution < 1.29 is 4.74 Å². The van der Waals surface area contributed by atoms with Crippen LogP contribution >= 0.6 is 0 Å². The van der Waals surface area contributed by atoms with Crippen LogP contribution in [-0.4, -0.2) is 31.1 Å². The number of rotatable bonds is 6. The molecule has 0 amide bonds. The maximum absolute atomic E-state index is 5.81. The molecule has 0 aliphatic carbocycles. The van der Waals surface area contributed by atoms with Crippen LogP contribution < -0.4 is 10.1 Å². The first-order valence-electron chi connectivity index (χ1n) is 8.02. The van der Waals surface area contributed by atoms with E-state index in [1.54, 1.807) is 0 Å². The summed E-state index contributed by atoms with van der Waals surface area (Å²) >= 11 is 0. The first kappa shape index (κ1) is 14.9. The van der Waals surface area contributed by atoms with E-state index in [-0.39, 0.29) is 0 Å². The zero-order valence-corrected chi connectivity index (χ0v) is 13.2. The summed E-state index contributed by atoms with van der Waals surface area (Å²) in [4.78, 5) is 2.43. The fraction of sp³-hybridized carbons (Fsp3) is 0.368. The maximum Gasteiger partial charge on any atom is 0.119 e. The molecule has 2 aromatic rings. The van der Waals surface area contributed by atoms with Gasteiger partial charge in [-0.3, -0.25) is 0 Å². The van der Waals surface area contributed by atoms with Gasteiger partial charge in [0, 0.05) is 18.3 Å². The van der Waals surface area contributed by atoms with Crippen LogP contribution in [0.2, 0.25) is 0 Å². The molecule has 22 heavy (non-hydrogen) atoms.